The van der Waals surface area contributed by atoms with Gasteiger partial charge in [0.1, 0.15) is 0 Å². The van der Waals surface area contributed by atoms with Crippen molar-refractivity contribution in [3.63, 3.8) is 0 Å². The van der Waals surface area contributed by atoms with Gasteiger partial charge in [-0.2, -0.15) is 8.78 Å². The topological polar surface area (TPSA) is 82.9 Å². The first-order valence-corrected chi connectivity index (χ1v) is 5.28. The van der Waals surface area contributed by atoms with Gasteiger partial charge in [0.2, 0.25) is 0 Å². The lowest BCUT2D eigenvalue weighted by Crippen LogP contribution is -2.22. The lowest BCUT2D eigenvalue weighted by Gasteiger charge is -2.12. The van der Waals surface area contributed by atoms with E-state index in [4.69, 9.17) is 16.2 Å². The van der Waals surface area contributed by atoms with E-state index < -0.39 is 6.61 Å². The van der Waals surface area contributed by atoms with Crippen LogP contribution >= 0.6 is 24.0 Å². The Balaban J connectivity index is 0.00000324. The van der Waals surface area contributed by atoms with Gasteiger partial charge in [-0.15, -0.1) is 24.0 Å². The molecule has 0 spiro atoms. The molecule has 1 aromatic carbocycles. The molecule has 0 saturated heterocycles. The Labute approximate surface area is 127 Å². The van der Waals surface area contributed by atoms with Gasteiger partial charge in [-0.1, -0.05) is 6.07 Å². The maximum atomic E-state index is 12.2. The highest BCUT2D eigenvalue weighted by molar-refractivity contribution is 14.0. The van der Waals surface area contributed by atoms with Gasteiger partial charge < -0.3 is 20.9 Å². The maximum absolute atomic E-state index is 12.2. The second-order valence-corrected chi connectivity index (χ2v) is 3.33. The van der Waals surface area contributed by atoms with Gasteiger partial charge >= 0.3 is 6.61 Å². The number of benzene rings is 1. The van der Waals surface area contributed by atoms with Crippen molar-refractivity contribution in [3.8, 4) is 11.5 Å². The smallest absolute Gasteiger partial charge is 0.387 e. The molecule has 0 aliphatic carbocycles. The van der Waals surface area contributed by atoms with Gasteiger partial charge in [0.25, 0.3) is 0 Å². The van der Waals surface area contributed by atoms with E-state index in [-0.39, 0.29) is 48.0 Å². The monoisotopic (exact) mass is 387 g/mol. The van der Waals surface area contributed by atoms with Crippen LogP contribution in [-0.4, -0.2) is 19.2 Å². The Morgan fingerprint density at radius 2 is 2.00 bits per heavy atom. The SMILES string of the molecule is CCOc1cc(CN=C(N)N)ccc1OC(F)F.I. The average molecular weight is 387 g/mol. The molecule has 0 saturated carbocycles. The molecule has 0 unspecified atom stereocenters. The van der Waals surface area contributed by atoms with Crippen LogP contribution in [0, 0.1) is 0 Å². The minimum atomic E-state index is -2.90. The summed E-state index contributed by atoms with van der Waals surface area (Å²) in [6, 6.07) is 4.55. The highest BCUT2D eigenvalue weighted by atomic mass is 127. The van der Waals surface area contributed by atoms with Crippen LogP contribution in [0.25, 0.3) is 0 Å². The number of ether oxygens (including phenoxy) is 2. The second-order valence-electron chi connectivity index (χ2n) is 3.33. The van der Waals surface area contributed by atoms with E-state index in [0.717, 1.165) is 5.56 Å². The molecule has 0 aromatic heterocycles. The Kier molecular flexibility index (Phi) is 8.12. The van der Waals surface area contributed by atoms with Crippen molar-refractivity contribution in [2.45, 2.75) is 20.1 Å². The van der Waals surface area contributed by atoms with Crippen molar-refractivity contribution in [2.75, 3.05) is 6.61 Å². The van der Waals surface area contributed by atoms with Gasteiger partial charge in [-0.25, -0.2) is 4.99 Å². The lowest BCUT2D eigenvalue weighted by molar-refractivity contribution is -0.0514. The Morgan fingerprint density at radius 1 is 1.32 bits per heavy atom. The van der Waals surface area contributed by atoms with Crippen LogP contribution in [0.1, 0.15) is 12.5 Å². The second kappa shape index (κ2) is 8.73. The highest BCUT2D eigenvalue weighted by Gasteiger charge is 2.11. The van der Waals surface area contributed by atoms with Gasteiger partial charge in [0, 0.05) is 0 Å². The van der Waals surface area contributed by atoms with E-state index >= 15 is 0 Å². The van der Waals surface area contributed by atoms with Crippen LogP contribution in [-0.2, 0) is 6.54 Å². The molecule has 0 aliphatic heterocycles. The van der Waals surface area contributed by atoms with Gasteiger partial charge in [0.15, 0.2) is 17.5 Å². The molecule has 0 bridgehead atoms. The van der Waals surface area contributed by atoms with Gasteiger partial charge in [0.05, 0.1) is 13.2 Å². The first-order chi connectivity index (χ1) is 8.52. The van der Waals surface area contributed by atoms with E-state index in [9.17, 15) is 8.78 Å². The number of halogens is 3. The molecule has 1 aromatic rings. The quantitative estimate of drug-likeness (QED) is 0.445. The van der Waals surface area contributed by atoms with Gasteiger partial charge in [-0.05, 0) is 24.6 Å². The van der Waals surface area contributed by atoms with Crippen LogP contribution in [0.2, 0.25) is 0 Å². The summed E-state index contributed by atoms with van der Waals surface area (Å²) in [5.41, 5.74) is 11.1. The molecule has 1 rings (SSSR count). The maximum Gasteiger partial charge on any atom is 0.387 e. The van der Waals surface area contributed by atoms with Crippen LogP contribution in [0.5, 0.6) is 11.5 Å². The Hall–Kier alpha value is -1.32. The molecule has 108 valence electrons. The van der Waals surface area contributed by atoms with Crippen molar-refractivity contribution >= 4 is 29.9 Å². The fourth-order valence-electron chi connectivity index (χ4n) is 1.30. The summed E-state index contributed by atoms with van der Waals surface area (Å²) < 4.78 is 33.9. The minimum Gasteiger partial charge on any atom is -0.490 e. The van der Waals surface area contributed by atoms with Crippen molar-refractivity contribution in [3.05, 3.63) is 23.8 Å². The molecule has 0 heterocycles. The van der Waals surface area contributed by atoms with Crippen LogP contribution < -0.4 is 20.9 Å². The Bertz CT molecular complexity index is 426. The summed E-state index contributed by atoms with van der Waals surface area (Å²) in [6.45, 7) is -0.565. The van der Waals surface area contributed by atoms with Gasteiger partial charge in [-0.3, -0.25) is 0 Å². The molecule has 0 aliphatic rings. The first-order valence-electron chi connectivity index (χ1n) is 5.28. The van der Waals surface area contributed by atoms with E-state index in [2.05, 4.69) is 9.73 Å². The number of hydrogen-bond acceptors (Lipinski definition) is 3. The molecule has 0 radical (unpaired) electrons. The molecule has 4 N–H and O–H groups in total. The summed E-state index contributed by atoms with van der Waals surface area (Å²) >= 11 is 0. The number of nitrogens with two attached hydrogens (primary N) is 2. The summed E-state index contributed by atoms with van der Waals surface area (Å²) in [6.07, 6.45) is 0. The molecule has 8 heteroatoms. The predicted octanol–water partition coefficient (Wildman–Crippen LogP) is 2.08. The third-order valence-corrected chi connectivity index (χ3v) is 1.97. The number of nitrogens with zero attached hydrogens (tertiary/aromatic N) is 1. The zero-order valence-electron chi connectivity index (χ0n) is 10.3. The summed E-state index contributed by atoms with van der Waals surface area (Å²) in [4.78, 5) is 3.81. The van der Waals surface area contributed by atoms with E-state index in [1.165, 1.54) is 6.07 Å². The van der Waals surface area contributed by atoms with E-state index in [0.29, 0.717) is 6.61 Å². The largest absolute Gasteiger partial charge is 0.490 e. The van der Waals surface area contributed by atoms with Crippen LogP contribution in [0.3, 0.4) is 0 Å². The normalized spacial score (nSPS) is 9.68. The average Bonchev–Trinajstić information content (AvgIpc) is 2.29. The molecule has 5 nitrogen and oxygen atoms in total. The van der Waals surface area contributed by atoms with E-state index in [1.54, 1.807) is 19.1 Å². The highest BCUT2D eigenvalue weighted by Crippen LogP contribution is 2.30. The third kappa shape index (κ3) is 6.41. The standard InChI is InChI=1S/C11H15F2N3O2.HI/c1-2-17-9-5-7(6-16-11(14)15)3-4-8(9)18-10(12)13;/h3-5,10H,2,6H2,1H3,(H4,14,15,16);1H. The summed E-state index contributed by atoms with van der Waals surface area (Å²) in [5, 5.41) is 0. The Morgan fingerprint density at radius 3 is 2.53 bits per heavy atom. The number of aliphatic imine (C=N–C) groups is 1. The third-order valence-electron chi connectivity index (χ3n) is 1.97. The van der Waals surface area contributed by atoms with Crippen molar-refractivity contribution in [1.82, 2.24) is 0 Å². The predicted molar refractivity (Wildman–Crippen MR) is 79.2 cm³/mol. The fourth-order valence-corrected chi connectivity index (χ4v) is 1.30. The van der Waals surface area contributed by atoms with E-state index in [1.807, 2.05) is 0 Å². The number of guanidine groups is 1. The number of rotatable bonds is 6. The van der Waals surface area contributed by atoms with Crippen LogP contribution in [0.15, 0.2) is 23.2 Å². The summed E-state index contributed by atoms with van der Waals surface area (Å²) in [7, 11) is 0. The zero-order valence-corrected chi connectivity index (χ0v) is 12.6. The molecule has 0 atom stereocenters. The zero-order chi connectivity index (χ0) is 13.5. The molecule has 19 heavy (non-hydrogen) atoms. The molecule has 0 fully saturated rings. The molecular formula is C11H16F2IN3O2. The summed E-state index contributed by atoms with van der Waals surface area (Å²) in [5.74, 6) is 0.183. The fraction of sp³-hybridized carbons (Fsp3) is 0.364. The minimum absolute atomic E-state index is 0. The number of hydrogen-bond donors (Lipinski definition) is 2. The molecule has 0 amide bonds. The lowest BCUT2D eigenvalue weighted by atomic mass is 10.2. The first kappa shape index (κ1) is 17.7. The van der Waals surface area contributed by atoms with Crippen LogP contribution in [0.4, 0.5) is 8.78 Å². The molecular weight excluding hydrogens is 371 g/mol. The van der Waals surface area contributed by atoms with Crippen molar-refractivity contribution in [1.29, 1.82) is 0 Å². The van der Waals surface area contributed by atoms with Crippen molar-refractivity contribution < 1.29 is 18.3 Å². The number of alkyl halides is 2. The van der Waals surface area contributed by atoms with Crippen molar-refractivity contribution in [2.24, 2.45) is 16.5 Å².